The second kappa shape index (κ2) is 16.6. The zero-order valence-electron chi connectivity index (χ0n) is 41.0. The quantitative estimate of drug-likeness (QED) is 0.154. The van der Waals surface area contributed by atoms with Crippen molar-refractivity contribution in [2.75, 3.05) is 4.90 Å². The van der Waals surface area contributed by atoms with Gasteiger partial charge in [0.05, 0.1) is 5.41 Å². The van der Waals surface area contributed by atoms with Gasteiger partial charge in [0, 0.05) is 17.1 Å². The third kappa shape index (κ3) is 6.98. The van der Waals surface area contributed by atoms with Gasteiger partial charge in [-0.3, -0.25) is 0 Å². The lowest BCUT2D eigenvalue weighted by Gasteiger charge is -2.35. The molecular formula is C69H57N. The Morgan fingerprint density at radius 1 is 0.300 bits per heavy atom. The summed E-state index contributed by atoms with van der Waals surface area (Å²) in [5, 5.41) is 0. The van der Waals surface area contributed by atoms with Crippen molar-refractivity contribution in [3.8, 4) is 66.8 Å². The van der Waals surface area contributed by atoms with E-state index < -0.39 is 5.41 Å². The van der Waals surface area contributed by atoms with Gasteiger partial charge in [0.1, 0.15) is 0 Å². The molecule has 0 saturated carbocycles. The van der Waals surface area contributed by atoms with E-state index in [4.69, 9.17) is 0 Å². The zero-order chi connectivity index (χ0) is 47.8. The van der Waals surface area contributed by atoms with Gasteiger partial charge in [0.15, 0.2) is 0 Å². The molecule has 12 rings (SSSR count). The predicted molar refractivity (Wildman–Crippen MR) is 297 cm³/mol. The molecule has 0 bridgehead atoms. The van der Waals surface area contributed by atoms with Crippen LogP contribution in [0.4, 0.5) is 17.1 Å². The number of fused-ring (bicyclic) bond motifs is 10. The van der Waals surface area contributed by atoms with Crippen LogP contribution in [0.5, 0.6) is 0 Å². The van der Waals surface area contributed by atoms with Gasteiger partial charge in [-0.2, -0.15) is 0 Å². The van der Waals surface area contributed by atoms with Crippen molar-refractivity contribution in [3.63, 3.8) is 0 Å². The fourth-order valence-electron chi connectivity index (χ4n) is 11.7. The number of hydrogen-bond donors (Lipinski definition) is 0. The van der Waals surface area contributed by atoms with Crippen molar-refractivity contribution in [2.45, 2.75) is 57.8 Å². The van der Waals surface area contributed by atoms with E-state index in [9.17, 15) is 0 Å². The van der Waals surface area contributed by atoms with Gasteiger partial charge in [-0.05, 0) is 153 Å². The van der Waals surface area contributed by atoms with Crippen LogP contribution < -0.4 is 4.90 Å². The average Bonchev–Trinajstić information content (AvgIpc) is 3.86. The highest BCUT2D eigenvalue weighted by Gasteiger charge is 2.53. The second-order valence-corrected chi connectivity index (χ2v) is 21.3. The van der Waals surface area contributed by atoms with Gasteiger partial charge in [0.25, 0.3) is 0 Å². The Balaban J connectivity index is 1.05. The molecule has 10 aromatic rings. The lowest BCUT2D eigenvalue weighted by Crippen LogP contribution is -2.28. The molecule has 10 aromatic carbocycles. The van der Waals surface area contributed by atoms with Gasteiger partial charge in [0.2, 0.25) is 0 Å². The summed E-state index contributed by atoms with van der Waals surface area (Å²) in [5.41, 5.74) is 25.9. The number of rotatable bonds is 7. The van der Waals surface area contributed by atoms with E-state index in [-0.39, 0.29) is 10.8 Å². The fourth-order valence-corrected chi connectivity index (χ4v) is 11.7. The first-order chi connectivity index (χ1) is 34.0. The van der Waals surface area contributed by atoms with E-state index in [1.165, 1.54) is 100 Å². The minimum atomic E-state index is -0.510. The smallest absolute Gasteiger partial charge is 0.0731 e. The molecule has 2 aliphatic carbocycles. The van der Waals surface area contributed by atoms with Crippen LogP contribution in [-0.4, -0.2) is 0 Å². The summed E-state index contributed by atoms with van der Waals surface area (Å²) < 4.78 is 0. The molecule has 0 saturated heterocycles. The molecule has 0 amide bonds. The molecular weight excluding hydrogens is 843 g/mol. The minimum Gasteiger partial charge on any atom is -0.311 e. The lowest BCUT2D eigenvalue weighted by molar-refractivity contribution is 0.587. The van der Waals surface area contributed by atoms with E-state index >= 15 is 0 Å². The minimum absolute atomic E-state index is 0.0192. The van der Waals surface area contributed by atoms with Crippen LogP contribution in [0, 0.1) is 0 Å². The van der Waals surface area contributed by atoms with Crippen molar-refractivity contribution in [1.82, 2.24) is 0 Å². The molecule has 0 heterocycles. The topological polar surface area (TPSA) is 3.24 Å². The maximum atomic E-state index is 2.55. The lowest BCUT2D eigenvalue weighted by atomic mass is 9.66. The molecule has 1 nitrogen and oxygen atoms in total. The van der Waals surface area contributed by atoms with E-state index in [0.717, 1.165) is 17.1 Å². The Bertz CT molecular complexity index is 3520. The molecule has 0 aromatic heterocycles. The van der Waals surface area contributed by atoms with Gasteiger partial charge in [-0.25, -0.2) is 0 Å². The van der Waals surface area contributed by atoms with Gasteiger partial charge in [-0.15, -0.1) is 0 Å². The van der Waals surface area contributed by atoms with E-state index in [0.29, 0.717) is 0 Å². The number of para-hydroxylation sites is 1. The Hall–Kier alpha value is -8.00. The van der Waals surface area contributed by atoms with Crippen molar-refractivity contribution < 1.29 is 0 Å². The van der Waals surface area contributed by atoms with Crippen LogP contribution in [0.25, 0.3) is 66.8 Å². The highest BCUT2D eigenvalue weighted by molar-refractivity contribution is 6.01. The van der Waals surface area contributed by atoms with E-state index in [1.807, 2.05) is 0 Å². The summed E-state index contributed by atoms with van der Waals surface area (Å²) in [6.07, 6.45) is 0. The largest absolute Gasteiger partial charge is 0.311 e. The van der Waals surface area contributed by atoms with Crippen LogP contribution >= 0.6 is 0 Å². The molecule has 0 radical (unpaired) electrons. The number of anilines is 3. The Morgan fingerprint density at radius 3 is 1.33 bits per heavy atom. The van der Waals surface area contributed by atoms with Crippen LogP contribution in [0.2, 0.25) is 0 Å². The molecule has 0 aliphatic heterocycles. The standard InChI is InChI=1S/C69H57N/c1-67(2,3)51-35-41-58-59-42-43-63(68(4,5)6)65(66(59)69(64(58)45-51)61-28-18-16-26-56(61)57-27-17-19-29-62(57)69)50-34-40-55(60(44-50)48-22-12-8-13-23-48)49-32-38-54(39-33-49)70(52-24-14-9-15-25-52)53-36-30-47(31-37-53)46-20-10-7-11-21-46/h7-45H,1-6H3. The highest BCUT2D eigenvalue weighted by atomic mass is 15.1. The maximum Gasteiger partial charge on any atom is 0.0731 e. The molecule has 0 N–H and O–H groups in total. The molecule has 2 aliphatic rings. The molecule has 0 atom stereocenters. The number of nitrogens with zero attached hydrogens (tertiary/aromatic N) is 1. The van der Waals surface area contributed by atoms with Crippen LogP contribution in [0.3, 0.4) is 0 Å². The Labute approximate surface area is 414 Å². The van der Waals surface area contributed by atoms with Crippen LogP contribution in [-0.2, 0) is 16.2 Å². The summed E-state index contributed by atoms with van der Waals surface area (Å²) in [4.78, 5) is 2.35. The average molecular weight is 900 g/mol. The number of hydrogen-bond acceptors (Lipinski definition) is 1. The molecule has 0 unspecified atom stereocenters. The van der Waals surface area contributed by atoms with Crippen LogP contribution in [0.1, 0.15) is 74.9 Å². The fraction of sp³-hybridized carbons (Fsp3) is 0.130. The summed E-state index contributed by atoms with van der Waals surface area (Å²) in [7, 11) is 0. The first-order valence-electron chi connectivity index (χ1n) is 24.8. The first kappa shape index (κ1) is 43.3. The third-order valence-corrected chi connectivity index (χ3v) is 15.0. The van der Waals surface area contributed by atoms with E-state index in [1.54, 1.807) is 0 Å². The van der Waals surface area contributed by atoms with Gasteiger partial charge >= 0.3 is 0 Å². The second-order valence-electron chi connectivity index (χ2n) is 21.3. The highest BCUT2D eigenvalue weighted by Crippen LogP contribution is 2.66. The summed E-state index contributed by atoms with van der Waals surface area (Å²) in [6.45, 7) is 14.2. The predicted octanol–water partition coefficient (Wildman–Crippen LogP) is 18.8. The van der Waals surface area contributed by atoms with Crippen molar-refractivity contribution in [2.24, 2.45) is 0 Å². The summed E-state index contributed by atoms with van der Waals surface area (Å²) in [5.74, 6) is 0. The van der Waals surface area contributed by atoms with Gasteiger partial charge < -0.3 is 4.90 Å². The molecule has 338 valence electrons. The van der Waals surface area contributed by atoms with Crippen molar-refractivity contribution in [1.29, 1.82) is 0 Å². The molecule has 1 spiro atoms. The molecule has 1 heteroatoms. The Kier molecular flexibility index (Phi) is 10.3. The van der Waals surface area contributed by atoms with Gasteiger partial charge in [-0.1, -0.05) is 236 Å². The Morgan fingerprint density at radius 2 is 0.743 bits per heavy atom. The SMILES string of the molecule is CC(C)(C)c1ccc2c(c1)C1(c3ccccc3-c3ccccc31)c1c-2ccc(C(C)(C)C)c1-c1ccc(-c2ccc(N(c3ccccc3)c3ccc(-c4ccccc4)cc3)cc2)c(-c2ccccc2)c1. The van der Waals surface area contributed by atoms with E-state index in [2.05, 4.69) is 283 Å². The van der Waals surface area contributed by atoms with Crippen LogP contribution in [0.15, 0.2) is 237 Å². The molecule has 70 heavy (non-hydrogen) atoms. The summed E-state index contributed by atoms with van der Waals surface area (Å²) >= 11 is 0. The summed E-state index contributed by atoms with van der Waals surface area (Å²) in [6, 6.07) is 88.3. The third-order valence-electron chi connectivity index (χ3n) is 15.0. The monoisotopic (exact) mass is 899 g/mol. The normalized spacial score (nSPS) is 13.1. The first-order valence-corrected chi connectivity index (χ1v) is 24.8. The molecule has 0 fully saturated rings. The van der Waals surface area contributed by atoms with Crippen molar-refractivity contribution in [3.05, 3.63) is 270 Å². The zero-order valence-corrected chi connectivity index (χ0v) is 41.0. The van der Waals surface area contributed by atoms with Crippen molar-refractivity contribution >= 4 is 17.1 Å². The maximum absolute atomic E-state index is 2.55. The number of benzene rings is 10.